The molecule has 1 aromatic heterocycles. The van der Waals surface area contributed by atoms with Crippen LogP contribution < -0.4 is 5.32 Å². The predicted molar refractivity (Wildman–Crippen MR) is 83.1 cm³/mol. The van der Waals surface area contributed by atoms with E-state index in [4.69, 9.17) is 9.52 Å². The zero-order chi connectivity index (χ0) is 16.7. The standard InChI is InChI=1S/C17H25NO4/c1-9(8-19)11(3)18-16(21)15-10(2)14-12(20)6-17(4,5)7-13(14)22-15/h9,11,19H,6-8H2,1-5H3,(H,18,21). The van der Waals surface area contributed by atoms with Crippen molar-refractivity contribution in [3.63, 3.8) is 0 Å². The van der Waals surface area contributed by atoms with Gasteiger partial charge in [0.05, 0.1) is 5.56 Å². The Balaban J connectivity index is 2.27. The molecule has 0 bridgehead atoms. The Hall–Kier alpha value is -1.62. The molecular weight excluding hydrogens is 282 g/mol. The smallest absolute Gasteiger partial charge is 0.287 e. The summed E-state index contributed by atoms with van der Waals surface area (Å²) < 4.78 is 5.72. The molecule has 1 heterocycles. The Labute approximate surface area is 131 Å². The third-order valence-electron chi connectivity index (χ3n) is 4.48. The van der Waals surface area contributed by atoms with E-state index in [2.05, 4.69) is 5.32 Å². The van der Waals surface area contributed by atoms with E-state index in [1.165, 1.54) is 0 Å². The lowest BCUT2D eigenvalue weighted by atomic mass is 9.76. The number of aliphatic hydroxyl groups is 1. The molecule has 5 nitrogen and oxygen atoms in total. The maximum absolute atomic E-state index is 12.4. The molecule has 0 spiro atoms. The van der Waals surface area contributed by atoms with Crippen LogP contribution in [0.25, 0.3) is 0 Å². The first kappa shape index (κ1) is 16.7. The fraction of sp³-hybridized carbons (Fsp3) is 0.647. The molecule has 0 saturated heterocycles. The lowest BCUT2D eigenvalue weighted by Crippen LogP contribution is -2.38. The zero-order valence-electron chi connectivity index (χ0n) is 13.9. The van der Waals surface area contributed by atoms with Gasteiger partial charge in [-0.05, 0) is 25.2 Å². The minimum atomic E-state index is -0.328. The number of Topliss-reactive ketones (excluding diaryl/α,β-unsaturated/α-hetero) is 1. The molecule has 0 aliphatic heterocycles. The second-order valence-electron chi connectivity index (χ2n) is 7.22. The quantitative estimate of drug-likeness (QED) is 0.895. The van der Waals surface area contributed by atoms with Gasteiger partial charge in [0.1, 0.15) is 5.76 Å². The second-order valence-corrected chi connectivity index (χ2v) is 7.22. The van der Waals surface area contributed by atoms with Crippen LogP contribution in [-0.2, 0) is 6.42 Å². The molecule has 5 heteroatoms. The Bertz CT molecular complexity index is 600. The van der Waals surface area contributed by atoms with Gasteiger partial charge in [0.2, 0.25) is 0 Å². The van der Waals surface area contributed by atoms with Crippen LogP contribution in [0.2, 0.25) is 0 Å². The van der Waals surface area contributed by atoms with Gasteiger partial charge in [-0.15, -0.1) is 0 Å². The Morgan fingerprint density at radius 1 is 1.36 bits per heavy atom. The largest absolute Gasteiger partial charge is 0.455 e. The first-order chi connectivity index (χ1) is 10.2. The number of amides is 1. The number of carbonyl (C=O) groups excluding carboxylic acids is 2. The van der Waals surface area contributed by atoms with Crippen LogP contribution in [-0.4, -0.2) is 29.4 Å². The summed E-state index contributed by atoms with van der Waals surface area (Å²) in [6, 6.07) is -0.175. The monoisotopic (exact) mass is 307 g/mol. The van der Waals surface area contributed by atoms with Crippen molar-refractivity contribution in [3.8, 4) is 0 Å². The molecule has 22 heavy (non-hydrogen) atoms. The van der Waals surface area contributed by atoms with Gasteiger partial charge in [0.25, 0.3) is 5.91 Å². The van der Waals surface area contributed by atoms with Crippen LogP contribution >= 0.6 is 0 Å². The number of fused-ring (bicyclic) bond motifs is 1. The number of rotatable bonds is 4. The number of aliphatic hydroxyl groups excluding tert-OH is 1. The van der Waals surface area contributed by atoms with Crippen molar-refractivity contribution in [2.45, 2.75) is 53.5 Å². The fourth-order valence-corrected chi connectivity index (χ4v) is 2.87. The number of carbonyl (C=O) groups is 2. The zero-order valence-corrected chi connectivity index (χ0v) is 13.9. The fourth-order valence-electron chi connectivity index (χ4n) is 2.87. The summed E-state index contributed by atoms with van der Waals surface area (Å²) in [4.78, 5) is 24.7. The molecule has 2 unspecified atom stereocenters. The molecule has 0 radical (unpaired) electrons. The highest BCUT2D eigenvalue weighted by Gasteiger charge is 2.37. The maximum atomic E-state index is 12.4. The van der Waals surface area contributed by atoms with E-state index in [0.29, 0.717) is 29.7 Å². The van der Waals surface area contributed by atoms with E-state index >= 15 is 0 Å². The second kappa shape index (κ2) is 5.88. The van der Waals surface area contributed by atoms with E-state index < -0.39 is 0 Å². The van der Waals surface area contributed by atoms with Gasteiger partial charge in [-0.1, -0.05) is 20.8 Å². The highest BCUT2D eigenvalue weighted by molar-refractivity contribution is 6.03. The van der Waals surface area contributed by atoms with E-state index in [1.54, 1.807) is 6.92 Å². The number of hydrogen-bond donors (Lipinski definition) is 2. The molecule has 2 N–H and O–H groups in total. The van der Waals surface area contributed by atoms with Gasteiger partial charge < -0.3 is 14.8 Å². The van der Waals surface area contributed by atoms with Crippen LogP contribution in [0.15, 0.2) is 4.42 Å². The molecule has 0 aromatic carbocycles. The highest BCUT2D eigenvalue weighted by atomic mass is 16.4. The van der Waals surface area contributed by atoms with Gasteiger partial charge >= 0.3 is 0 Å². The summed E-state index contributed by atoms with van der Waals surface area (Å²) in [5.41, 5.74) is 1.06. The molecule has 0 fully saturated rings. The Morgan fingerprint density at radius 2 is 2.00 bits per heavy atom. The number of furan rings is 1. The molecule has 1 aliphatic rings. The third-order valence-corrected chi connectivity index (χ3v) is 4.48. The molecule has 1 aromatic rings. The van der Waals surface area contributed by atoms with Gasteiger partial charge in [0, 0.05) is 31.1 Å². The summed E-state index contributed by atoms with van der Waals surface area (Å²) in [7, 11) is 0. The third kappa shape index (κ3) is 3.09. The topological polar surface area (TPSA) is 79.5 Å². The van der Waals surface area contributed by atoms with Crippen molar-refractivity contribution in [1.29, 1.82) is 0 Å². The van der Waals surface area contributed by atoms with Crippen LogP contribution in [0.5, 0.6) is 0 Å². The van der Waals surface area contributed by atoms with Crippen molar-refractivity contribution >= 4 is 11.7 Å². The molecule has 1 aliphatic carbocycles. The molecule has 2 rings (SSSR count). The number of ketones is 1. The van der Waals surface area contributed by atoms with Crippen LogP contribution in [0.1, 0.15) is 66.4 Å². The summed E-state index contributed by atoms with van der Waals surface area (Å²) in [6.45, 7) is 9.50. The minimum absolute atomic E-state index is 0.00174. The van der Waals surface area contributed by atoms with Gasteiger partial charge in [-0.3, -0.25) is 9.59 Å². The number of nitrogens with one attached hydrogen (secondary N) is 1. The van der Waals surface area contributed by atoms with E-state index in [9.17, 15) is 9.59 Å². The first-order valence-electron chi connectivity index (χ1n) is 7.73. The van der Waals surface area contributed by atoms with Crippen molar-refractivity contribution in [1.82, 2.24) is 5.32 Å². The van der Waals surface area contributed by atoms with E-state index in [1.807, 2.05) is 27.7 Å². The van der Waals surface area contributed by atoms with Crippen molar-refractivity contribution in [2.24, 2.45) is 11.3 Å². The van der Waals surface area contributed by atoms with Crippen molar-refractivity contribution in [3.05, 3.63) is 22.6 Å². The average molecular weight is 307 g/mol. The van der Waals surface area contributed by atoms with Crippen LogP contribution in [0.4, 0.5) is 0 Å². The summed E-state index contributed by atoms with van der Waals surface area (Å²) in [6.07, 6.45) is 1.13. The maximum Gasteiger partial charge on any atom is 0.287 e. The van der Waals surface area contributed by atoms with Crippen molar-refractivity contribution < 1.29 is 19.1 Å². The average Bonchev–Trinajstić information content (AvgIpc) is 2.73. The van der Waals surface area contributed by atoms with Crippen LogP contribution in [0.3, 0.4) is 0 Å². The van der Waals surface area contributed by atoms with Crippen LogP contribution in [0, 0.1) is 18.3 Å². The van der Waals surface area contributed by atoms with Gasteiger partial charge in [-0.2, -0.15) is 0 Å². The molecular formula is C17H25NO4. The lowest BCUT2D eigenvalue weighted by Gasteiger charge is -2.27. The van der Waals surface area contributed by atoms with E-state index in [-0.39, 0.29) is 41.4 Å². The van der Waals surface area contributed by atoms with Gasteiger partial charge in [-0.25, -0.2) is 0 Å². The molecule has 1 amide bonds. The summed E-state index contributed by atoms with van der Waals surface area (Å²) in [5, 5.41) is 12.0. The van der Waals surface area contributed by atoms with Crippen molar-refractivity contribution in [2.75, 3.05) is 6.61 Å². The Kier molecular flexibility index (Phi) is 4.47. The highest BCUT2D eigenvalue weighted by Crippen LogP contribution is 2.38. The Morgan fingerprint density at radius 3 is 2.59 bits per heavy atom. The molecule has 2 atom stereocenters. The summed E-state index contributed by atoms with van der Waals surface area (Å²) >= 11 is 0. The molecule has 122 valence electrons. The lowest BCUT2D eigenvalue weighted by molar-refractivity contribution is 0.0869. The first-order valence-corrected chi connectivity index (χ1v) is 7.73. The summed E-state index contributed by atoms with van der Waals surface area (Å²) in [5.74, 6) is 0.503. The molecule has 0 saturated carbocycles. The predicted octanol–water partition coefficient (Wildman–Crippen LogP) is 2.49. The minimum Gasteiger partial charge on any atom is -0.455 e. The van der Waals surface area contributed by atoms with Gasteiger partial charge in [0.15, 0.2) is 11.5 Å². The van der Waals surface area contributed by atoms with E-state index in [0.717, 1.165) is 0 Å². The SMILES string of the molecule is Cc1c(C(=O)NC(C)C(C)CO)oc2c1C(=O)CC(C)(C)C2. The normalized spacial score (nSPS) is 19.5. The number of hydrogen-bond acceptors (Lipinski definition) is 4.